The van der Waals surface area contributed by atoms with Crippen LogP contribution in [0.25, 0.3) is 11.1 Å². The number of benzene rings is 2. The Morgan fingerprint density at radius 2 is 1.46 bits per heavy atom. The van der Waals surface area contributed by atoms with E-state index in [2.05, 4.69) is 5.32 Å². The molecule has 2 heterocycles. The second kappa shape index (κ2) is 6.84. The summed E-state index contributed by atoms with van der Waals surface area (Å²) in [5, 5.41) is 3.35. The smallest absolute Gasteiger partial charge is 0.243 e. The maximum atomic E-state index is 13.2. The number of halogens is 1. The lowest BCUT2D eigenvalue weighted by atomic mass is 10.0. The molecule has 2 atom stereocenters. The number of nitrogens with one attached hydrogen (secondary N) is 1. The summed E-state index contributed by atoms with van der Waals surface area (Å²) in [5.74, 6) is 0.905. The topological polar surface area (TPSA) is 49.4 Å². The number of nitrogens with zero attached hydrogens (tertiary/aromatic N) is 1. The van der Waals surface area contributed by atoms with Crippen molar-refractivity contribution in [2.45, 2.75) is 4.90 Å². The summed E-state index contributed by atoms with van der Waals surface area (Å²) in [6, 6.07) is 17.0. The van der Waals surface area contributed by atoms with E-state index in [-0.39, 0.29) is 12.4 Å². The molecule has 128 valence electrons. The van der Waals surface area contributed by atoms with Crippen LogP contribution < -0.4 is 5.32 Å². The molecule has 2 aliphatic rings. The van der Waals surface area contributed by atoms with E-state index >= 15 is 0 Å². The maximum absolute atomic E-state index is 13.2. The zero-order valence-corrected chi connectivity index (χ0v) is 14.9. The van der Waals surface area contributed by atoms with Crippen molar-refractivity contribution in [2.75, 3.05) is 26.2 Å². The number of sulfonamides is 1. The van der Waals surface area contributed by atoms with Crippen molar-refractivity contribution in [1.29, 1.82) is 0 Å². The van der Waals surface area contributed by atoms with Gasteiger partial charge in [0.2, 0.25) is 10.0 Å². The SMILES string of the molecule is Cl.O=S(=O)(c1ccccc1-c1ccccc1)N1C[C@H]2CNC[C@H]2C1. The van der Waals surface area contributed by atoms with Gasteiger partial charge in [0, 0.05) is 18.7 Å². The predicted octanol–water partition coefficient (Wildman–Crippen LogP) is 2.62. The van der Waals surface area contributed by atoms with E-state index in [4.69, 9.17) is 0 Å². The fourth-order valence-electron chi connectivity index (χ4n) is 3.70. The minimum atomic E-state index is -3.45. The monoisotopic (exact) mass is 364 g/mol. The van der Waals surface area contributed by atoms with Crippen LogP contribution in [0.4, 0.5) is 0 Å². The molecule has 0 aliphatic carbocycles. The molecule has 0 amide bonds. The van der Waals surface area contributed by atoms with Crippen LogP contribution in [0.15, 0.2) is 59.5 Å². The molecule has 1 N–H and O–H groups in total. The van der Waals surface area contributed by atoms with Gasteiger partial charge in [-0.15, -0.1) is 12.4 Å². The van der Waals surface area contributed by atoms with Crippen LogP contribution in [0.2, 0.25) is 0 Å². The number of rotatable bonds is 3. The molecular weight excluding hydrogens is 344 g/mol. The lowest BCUT2D eigenvalue weighted by Gasteiger charge is -2.19. The Labute approximate surface area is 149 Å². The molecule has 0 spiro atoms. The van der Waals surface area contributed by atoms with E-state index in [1.807, 2.05) is 42.5 Å². The molecule has 0 bridgehead atoms. The van der Waals surface area contributed by atoms with E-state index in [1.54, 1.807) is 16.4 Å². The second-order valence-electron chi connectivity index (χ2n) is 6.36. The van der Waals surface area contributed by atoms with Crippen molar-refractivity contribution in [3.63, 3.8) is 0 Å². The van der Waals surface area contributed by atoms with Crippen molar-refractivity contribution in [3.05, 3.63) is 54.6 Å². The lowest BCUT2D eigenvalue weighted by molar-refractivity contribution is 0.448. The largest absolute Gasteiger partial charge is 0.316 e. The Morgan fingerprint density at radius 1 is 0.875 bits per heavy atom. The second-order valence-corrected chi connectivity index (χ2v) is 8.27. The van der Waals surface area contributed by atoms with Crippen LogP contribution in [-0.2, 0) is 10.0 Å². The van der Waals surface area contributed by atoms with Crippen molar-refractivity contribution >= 4 is 22.4 Å². The Bertz CT molecular complexity index is 799. The summed E-state index contributed by atoms with van der Waals surface area (Å²) in [4.78, 5) is 0.416. The molecule has 0 aromatic heterocycles. The van der Waals surface area contributed by atoms with Gasteiger partial charge in [-0.3, -0.25) is 0 Å². The first-order valence-corrected chi connectivity index (χ1v) is 9.45. The van der Waals surface area contributed by atoms with Crippen LogP contribution in [0, 0.1) is 11.8 Å². The Balaban J connectivity index is 0.00000169. The molecule has 2 aliphatic heterocycles. The molecule has 0 saturated carbocycles. The molecule has 2 fully saturated rings. The van der Waals surface area contributed by atoms with Crippen LogP contribution in [-0.4, -0.2) is 38.9 Å². The zero-order chi connectivity index (χ0) is 15.9. The Hall–Kier alpha value is -1.40. The summed E-state index contributed by atoms with van der Waals surface area (Å²) < 4.78 is 28.0. The van der Waals surface area contributed by atoms with Crippen molar-refractivity contribution < 1.29 is 8.42 Å². The van der Waals surface area contributed by atoms with Gasteiger partial charge in [0.25, 0.3) is 0 Å². The first kappa shape index (κ1) is 17.4. The highest BCUT2D eigenvalue weighted by Crippen LogP contribution is 2.34. The first-order valence-electron chi connectivity index (χ1n) is 8.01. The number of fused-ring (bicyclic) bond motifs is 1. The van der Waals surface area contributed by atoms with Gasteiger partial charge in [-0.2, -0.15) is 4.31 Å². The maximum Gasteiger partial charge on any atom is 0.243 e. The molecule has 2 saturated heterocycles. The molecule has 4 nitrogen and oxygen atoms in total. The fourth-order valence-corrected chi connectivity index (χ4v) is 5.46. The van der Waals surface area contributed by atoms with E-state index in [0.29, 0.717) is 29.8 Å². The summed E-state index contributed by atoms with van der Waals surface area (Å²) >= 11 is 0. The highest BCUT2D eigenvalue weighted by Gasteiger charge is 2.42. The van der Waals surface area contributed by atoms with Crippen molar-refractivity contribution in [2.24, 2.45) is 11.8 Å². The average Bonchev–Trinajstić information content (AvgIpc) is 3.18. The van der Waals surface area contributed by atoms with Crippen LogP contribution >= 0.6 is 12.4 Å². The van der Waals surface area contributed by atoms with Gasteiger partial charge in [0.05, 0.1) is 4.90 Å². The summed E-state index contributed by atoms with van der Waals surface area (Å²) in [7, 11) is -3.45. The normalized spacial score (nSPS) is 23.7. The van der Waals surface area contributed by atoms with Crippen LogP contribution in [0.3, 0.4) is 0 Å². The lowest BCUT2D eigenvalue weighted by Crippen LogP contribution is -2.32. The molecule has 24 heavy (non-hydrogen) atoms. The zero-order valence-electron chi connectivity index (χ0n) is 13.3. The fraction of sp³-hybridized carbons (Fsp3) is 0.333. The minimum Gasteiger partial charge on any atom is -0.316 e. The number of hydrogen-bond donors (Lipinski definition) is 1. The highest BCUT2D eigenvalue weighted by molar-refractivity contribution is 7.89. The third-order valence-electron chi connectivity index (χ3n) is 4.95. The Kier molecular flexibility index (Phi) is 4.97. The van der Waals surface area contributed by atoms with Crippen molar-refractivity contribution in [3.8, 4) is 11.1 Å². The molecular formula is C18H21ClN2O2S. The average molecular weight is 365 g/mol. The van der Waals surface area contributed by atoms with Gasteiger partial charge in [0.15, 0.2) is 0 Å². The van der Waals surface area contributed by atoms with Gasteiger partial charge in [-0.05, 0) is 36.6 Å². The quantitative estimate of drug-likeness (QED) is 0.910. The summed E-state index contributed by atoms with van der Waals surface area (Å²) in [6.45, 7) is 3.11. The third kappa shape index (κ3) is 2.97. The number of hydrogen-bond acceptors (Lipinski definition) is 3. The van der Waals surface area contributed by atoms with Gasteiger partial charge in [-0.25, -0.2) is 8.42 Å². The summed E-state index contributed by atoms with van der Waals surface area (Å²) in [6.07, 6.45) is 0. The van der Waals surface area contributed by atoms with Gasteiger partial charge >= 0.3 is 0 Å². The molecule has 2 aromatic rings. The first-order chi connectivity index (χ1) is 11.2. The minimum absolute atomic E-state index is 0. The van der Waals surface area contributed by atoms with E-state index in [0.717, 1.165) is 24.2 Å². The van der Waals surface area contributed by atoms with E-state index < -0.39 is 10.0 Å². The molecule has 2 aromatic carbocycles. The molecule has 0 unspecified atom stereocenters. The summed E-state index contributed by atoms with van der Waals surface area (Å²) in [5.41, 5.74) is 1.72. The van der Waals surface area contributed by atoms with E-state index in [1.165, 1.54) is 0 Å². The van der Waals surface area contributed by atoms with Crippen LogP contribution in [0.1, 0.15) is 0 Å². The molecule has 0 radical (unpaired) electrons. The molecule has 6 heteroatoms. The van der Waals surface area contributed by atoms with Crippen molar-refractivity contribution in [1.82, 2.24) is 9.62 Å². The third-order valence-corrected chi connectivity index (χ3v) is 6.84. The predicted molar refractivity (Wildman–Crippen MR) is 97.7 cm³/mol. The van der Waals surface area contributed by atoms with Crippen LogP contribution in [0.5, 0.6) is 0 Å². The Morgan fingerprint density at radius 3 is 2.12 bits per heavy atom. The standard InChI is InChI=1S/C18H20N2O2S.ClH/c21-23(22,20-12-15-10-19-11-16(15)13-20)18-9-5-4-8-17(18)14-6-2-1-3-7-14;/h1-9,15-16,19H,10-13H2;1H/t15-,16+;. The molecule has 4 rings (SSSR count). The highest BCUT2D eigenvalue weighted by atomic mass is 35.5. The van der Waals surface area contributed by atoms with Gasteiger partial charge < -0.3 is 5.32 Å². The van der Waals surface area contributed by atoms with Gasteiger partial charge in [-0.1, -0.05) is 48.5 Å². The van der Waals surface area contributed by atoms with Gasteiger partial charge in [0.1, 0.15) is 0 Å². The van der Waals surface area contributed by atoms with E-state index in [9.17, 15) is 8.42 Å².